The van der Waals surface area contributed by atoms with Gasteiger partial charge in [-0.15, -0.1) is 0 Å². The zero-order chi connectivity index (χ0) is 22.7. The van der Waals surface area contributed by atoms with E-state index in [-0.39, 0.29) is 5.92 Å². The van der Waals surface area contributed by atoms with Crippen molar-refractivity contribution in [2.24, 2.45) is 0 Å². The highest BCUT2D eigenvalue weighted by Crippen LogP contribution is 2.29. The van der Waals surface area contributed by atoms with E-state index in [0.29, 0.717) is 6.61 Å². The van der Waals surface area contributed by atoms with E-state index in [9.17, 15) is 0 Å². The van der Waals surface area contributed by atoms with Crippen molar-refractivity contribution in [3.8, 4) is 11.4 Å². The molecule has 0 unspecified atom stereocenters. The Kier molecular flexibility index (Phi) is 6.30. The fourth-order valence-electron chi connectivity index (χ4n) is 3.64. The van der Waals surface area contributed by atoms with Crippen LogP contribution in [-0.2, 0) is 11.3 Å². The van der Waals surface area contributed by atoms with Gasteiger partial charge in [-0.1, -0.05) is 19.9 Å². The summed E-state index contributed by atoms with van der Waals surface area (Å²) in [5.41, 5.74) is 6.97. The fraction of sp³-hybridized carbons (Fsp3) is 0.308. The second kappa shape index (κ2) is 9.30. The Labute approximate surface area is 189 Å². The number of ether oxygens (including phenoxy) is 1. The second-order valence-corrected chi connectivity index (χ2v) is 8.43. The van der Waals surface area contributed by atoms with Gasteiger partial charge < -0.3 is 9.64 Å². The zero-order valence-electron chi connectivity index (χ0n) is 19.3. The molecule has 0 saturated carbocycles. The first-order valence-corrected chi connectivity index (χ1v) is 10.9. The molecule has 0 aliphatic carbocycles. The summed E-state index contributed by atoms with van der Waals surface area (Å²) in [5, 5.41) is 0. The van der Waals surface area contributed by atoms with Crippen LogP contribution in [0.3, 0.4) is 0 Å². The molecule has 164 valence electrons. The van der Waals surface area contributed by atoms with Gasteiger partial charge in [-0.25, -0.2) is 9.97 Å². The highest BCUT2D eigenvalue weighted by atomic mass is 16.5. The lowest BCUT2D eigenvalue weighted by molar-refractivity contribution is 0.202. The van der Waals surface area contributed by atoms with E-state index in [4.69, 9.17) is 9.72 Å². The van der Waals surface area contributed by atoms with E-state index < -0.39 is 0 Å². The molecule has 6 nitrogen and oxygen atoms in total. The lowest BCUT2D eigenvalue weighted by Gasteiger charge is -2.30. The number of rotatable bonds is 6. The molecule has 1 aliphatic heterocycles. The number of allylic oxidation sites excluding steroid dienone is 2. The summed E-state index contributed by atoms with van der Waals surface area (Å²) in [7, 11) is 0. The molecular formula is C26H29N5O. The first kappa shape index (κ1) is 21.7. The molecule has 0 fully saturated rings. The third-order valence-corrected chi connectivity index (χ3v) is 5.41. The van der Waals surface area contributed by atoms with E-state index >= 15 is 0 Å². The monoisotopic (exact) mass is 427 g/mol. The number of anilines is 1. The van der Waals surface area contributed by atoms with Crippen LogP contribution in [0.5, 0.6) is 0 Å². The van der Waals surface area contributed by atoms with E-state index in [2.05, 4.69) is 59.7 Å². The molecule has 4 rings (SSSR count). The van der Waals surface area contributed by atoms with Crippen molar-refractivity contribution in [2.45, 2.75) is 47.1 Å². The number of nitrogens with zero attached hydrogens (tertiary/aromatic N) is 5. The Hall–Kier alpha value is -3.54. The molecule has 0 aromatic carbocycles. The van der Waals surface area contributed by atoms with E-state index in [0.717, 1.165) is 52.3 Å². The van der Waals surface area contributed by atoms with Crippen molar-refractivity contribution in [1.29, 1.82) is 0 Å². The molecule has 0 bridgehead atoms. The third kappa shape index (κ3) is 4.85. The molecule has 0 radical (unpaired) electrons. The van der Waals surface area contributed by atoms with Crippen LogP contribution in [0.1, 0.15) is 50.8 Å². The van der Waals surface area contributed by atoms with Gasteiger partial charge in [0.25, 0.3) is 0 Å². The Bertz CT molecular complexity index is 1180. The van der Waals surface area contributed by atoms with Gasteiger partial charge in [0.2, 0.25) is 0 Å². The molecule has 1 aliphatic rings. The first-order chi connectivity index (χ1) is 15.4. The van der Waals surface area contributed by atoms with Crippen LogP contribution in [0.25, 0.3) is 11.4 Å². The molecule has 3 aromatic heterocycles. The maximum atomic E-state index is 6.10. The summed E-state index contributed by atoms with van der Waals surface area (Å²) in [6, 6.07) is 12.0. The molecule has 0 N–H and O–H groups in total. The van der Waals surface area contributed by atoms with Crippen molar-refractivity contribution >= 4 is 5.69 Å². The molecule has 0 atom stereocenters. The molecule has 0 saturated heterocycles. The molecular weight excluding hydrogens is 398 g/mol. The quantitative estimate of drug-likeness (QED) is 0.512. The summed E-state index contributed by atoms with van der Waals surface area (Å²) < 4.78 is 6.10. The Morgan fingerprint density at radius 2 is 1.78 bits per heavy atom. The topological polar surface area (TPSA) is 64.0 Å². The smallest absolute Gasteiger partial charge is 0.131 e. The molecule has 0 spiro atoms. The van der Waals surface area contributed by atoms with Gasteiger partial charge in [-0.05, 0) is 62.8 Å². The third-order valence-electron chi connectivity index (χ3n) is 5.41. The highest BCUT2D eigenvalue weighted by Gasteiger charge is 2.19. The number of aryl methyl sites for hydroxylation is 1. The second-order valence-electron chi connectivity index (χ2n) is 8.43. The standard InChI is InChI=1S/C26H29N5O/c1-17(2)26-28-12-10-23(30-26)24-14-22(9-11-27-24)31-15-18(3)25(13-20(31)5)32-16-21-8-6-7-19(4)29-21/h6-14,17H,15-16H2,1-5H3. The average molecular weight is 428 g/mol. The Morgan fingerprint density at radius 3 is 2.56 bits per heavy atom. The fourth-order valence-corrected chi connectivity index (χ4v) is 3.64. The van der Waals surface area contributed by atoms with Crippen LogP contribution in [0.15, 0.2) is 71.9 Å². The Morgan fingerprint density at radius 1 is 0.969 bits per heavy atom. The lowest BCUT2D eigenvalue weighted by Crippen LogP contribution is -2.27. The van der Waals surface area contributed by atoms with Crippen molar-refractivity contribution in [1.82, 2.24) is 19.9 Å². The van der Waals surface area contributed by atoms with Gasteiger partial charge in [0.1, 0.15) is 18.2 Å². The first-order valence-electron chi connectivity index (χ1n) is 10.9. The normalized spacial score (nSPS) is 14.1. The summed E-state index contributed by atoms with van der Waals surface area (Å²) in [5.74, 6) is 2.01. The van der Waals surface area contributed by atoms with Crippen molar-refractivity contribution < 1.29 is 4.74 Å². The number of aromatic nitrogens is 4. The van der Waals surface area contributed by atoms with Crippen LogP contribution in [0, 0.1) is 6.92 Å². The van der Waals surface area contributed by atoms with Gasteiger partial charge in [0.15, 0.2) is 0 Å². The predicted octanol–water partition coefficient (Wildman–Crippen LogP) is 5.58. The van der Waals surface area contributed by atoms with Gasteiger partial charge in [0, 0.05) is 41.9 Å². The predicted molar refractivity (Wildman–Crippen MR) is 127 cm³/mol. The van der Waals surface area contributed by atoms with Crippen LogP contribution in [0.2, 0.25) is 0 Å². The van der Waals surface area contributed by atoms with Crippen molar-refractivity contribution in [3.05, 3.63) is 89.1 Å². The van der Waals surface area contributed by atoms with E-state index in [1.54, 1.807) is 6.20 Å². The number of hydrogen-bond donors (Lipinski definition) is 0. The van der Waals surface area contributed by atoms with Gasteiger partial charge in [0.05, 0.1) is 17.1 Å². The molecule has 4 heterocycles. The minimum Gasteiger partial charge on any atom is -0.487 e. The van der Waals surface area contributed by atoms with Crippen LogP contribution in [-0.4, -0.2) is 26.5 Å². The summed E-state index contributed by atoms with van der Waals surface area (Å²) in [6.07, 6.45) is 5.73. The highest BCUT2D eigenvalue weighted by molar-refractivity contribution is 5.64. The number of pyridine rings is 2. The van der Waals surface area contributed by atoms with E-state index in [1.807, 2.05) is 43.5 Å². The van der Waals surface area contributed by atoms with Gasteiger partial charge in [-0.3, -0.25) is 9.97 Å². The lowest BCUT2D eigenvalue weighted by atomic mass is 10.1. The van der Waals surface area contributed by atoms with Crippen molar-refractivity contribution in [2.75, 3.05) is 11.4 Å². The van der Waals surface area contributed by atoms with Crippen LogP contribution in [0.4, 0.5) is 5.69 Å². The number of hydrogen-bond acceptors (Lipinski definition) is 6. The molecule has 3 aromatic rings. The van der Waals surface area contributed by atoms with Gasteiger partial charge in [-0.2, -0.15) is 0 Å². The summed E-state index contributed by atoms with van der Waals surface area (Å²) >= 11 is 0. The minimum absolute atomic E-state index is 0.270. The maximum absolute atomic E-state index is 6.10. The average Bonchev–Trinajstić information content (AvgIpc) is 2.79. The minimum atomic E-state index is 0.270. The SMILES string of the molecule is CC1=CC(OCc2cccc(C)n2)=C(C)CN1c1ccnc(-c2ccnc(C(C)C)n2)c1. The maximum Gasteiger partial charge on any atom is 0.131 e. The van der Waals surface area contributed by atoms with Crippen molar-refractivity contribution in [3.63, 3.8) is 0 Å². The largest absolute Gasteiger partial charge is 0.487 e. The molecule has 32 heavy (non-hydrogen) atoms. The Balaban J connectivity index is 1.53. The van der Waals surface area contributed by atoms with E-state index in [1.165, 1.54) is 5.57 Å². The summed E-state index contributed by atoms with van der Waals surface area (Å²) in [4.78, 5) is 20.4. The summed E-state index contributed by atoms with van der Waals surface area (Å²) in [6.45, 7) is 11.6. The van der Waals surface area contributed by atoms with Gasteiger partial charge >= 0.3 is 0 Å². The van der Waals surface area contributed by atoms with Crippen LogP contribution < -0.4 is 4.90 Å². The molecule has 0 amide bonds. The van der Waals surface area contributed by atoms with Crippen LogP contribution >= 0.6 is 0 Å². The molecule has 6 heteroatoms. The zero-order valence-corrected chi connectivity index (χ0v) is 19.3.